The molecule has 0 atom stereocenters. The Labute approximate surface area is 106 Å². The largest absolute Gasteiger partial charge is 0.340 e. The van der Waals surface area contributed by atoms with Gasteiger partial charge in [-0.3, -0.25) is 14.8 Å². The first-order chi connectivity index (χ1) is 8.77. The van der Waals surface area contributed by atoms with E-state index in [9.17, 15) is 4.79 Å². The molecule has 2 heterocycles. The molecule has 0 saturated heterocycles. The molecule has 1 amide bonds. The van der Waals surface area contributed by atoms with Crippen LogP contribution in [-0.2, 0) is 6.42 Å². The van der Waals surface area contributed by atoms with Gasteiger partial charge in [-0.2, -0.15) is 0 Å². The molecular weight excluding hydrogens is 226 g/mol. The molecule has 18 heavy (non-hydrogen) atoms. The lowest BCUT2D eigenvalue weighted by atomic mass is 10.2. The molecule has 0 bridgehead atoms. The van der Waals surface area contributed by atoms with Crippen molar-refractivity contribution < 1.29 is 4.79 Å². The Kier molecular flexibility index (Phi) is 4.02. The fourth-order valence-electron chi connectivity index (χ4n) is 1.63. The molecule has 0 aliphatic carbocycles. The quantitative estimate of drug-likeness (QED) is 0.819. The average Bonchev–Trinajstić information content (AvgIpc) is 2.46. The monoisotopic (exact) mass is 241 g/mol. The van der Waals surface area contributed by atoms with Crippen LogP contribution in [0, 0.1) is 0 Å². The molecule has 2 aromatic heterocycles. The van der Waals surface area contributed by atoms with Gasteiger partial charge in [0.1, 0.15) is 5.69 Å². The predicted molar refractivity (Wildman–Crippen MR) is 69.1 cm³/mol. The molecule has 0 fully saturated rings. The highest BCUT2D eigenvalue weighted by Gasteiger charge is 2.11. The van der Waals surface area contributed by atoms with Gasteiger partial charge in [0.2, 0.25) is 0 Å². The number of rotatable bonds is 4. The molecule has 4 heteroatoms. The lowest BCUT2D eigenvalue weighted by molar-refractivity contribution is 0.0791. The maximum Gasteiger partial charge on any atom is 0.272 e. The van der Waals surface area contributed by atoms with Crippen molar-refractivity contribution >= 4 is 5.91 Å². The van der Waals surface area contributed by atoms with Crippen molar-refractivity contribution in [2.75, 3.05) is 13.6 Å². The van der Waals surface area contributed by atoms with Gasteiger partial charge in [-0.15, -0.1) is 0 Å². The van der Waals surface area contributed by atoms with E-state index in [0.29, 0.717) is 12.2 Å². The second kappa shape index (κ2) is 5.91. The van der Waals surface area contributed by atoms with Crippen LogP contribution in [0.25, 0.3) is 0 Å². The van der Waals surface area contributed by atoms with Crippen molar-refractivity contribution in [1.82, 2.24) is 14.9 Å². The first-order valence-corrected chi connectivity index (χ1v) is 5.83. The zero-order valence-corrected chi connectivity index (χ0v) is 10.3. The highest BCUT2D eigenvalue weighted by Crippen LogP contribution is 2.02. The van der Waals surface area contributed by atoms with Gasteiger partial charge in [0, 0.05) is 32.2 Å². The minimum Gasteiger partial charge on any atom is -0.340 e. The number of hydrogen-bond donors (Lipinski definition) is 0. The summed E-state index contributed by atoms with van der Waals surface area (Å²) < 4.78 is 0. The van der Waals surface area contributed by atoms with Gasteiger partial charge in [-0.1, -0.05) is 6.07 Å². The smallest absolute Gasteiger partial charge is 0.272 e. The van der Waals surface area contributed by atoms with Gasteiger partial charge >= 0.3 is 0 Å². The van der Waals surface area contributed by atoms with Crippen molar-refractivity contribution in [3.8, 4) is 0 Å². The van der Waals surface area contributed by atoms with Gasteiger partial charge < -0.3 is 4.90 Å². The van der Waals surface area contributed by atoms with Crippen molar-refractivity contribution in [3.05, 3.63) is 60.2 Å². The van der Waals surface area contributed by atoms with Gasteiger partial charge in [0.15, 0.2) is 0 Å². The molecule has 0 aliphatic heterocycles. The van der Waals surface area contributed by atoms with E-state index in [1.807, 2.05) is 18.2 Å². The molecule has 92 valence electrons. The Morgan fingerprint density at radius 1 is 1.17 bits per heavy atom. The van der Waals surface area contributed by atoms with Crippen LogP contribution in [0.2, 0.25) is 0 Å². The van der Waals surface area contributed by atoms with Crippen LogP contribution >= 0.6 is 0 Å². The van der Waals surface area contributed by atoms with E-state index in [0.717, 1.165) is 6.42 Å². The number of likely N-dealkylation sites (N-methyl/N-ethyl adjacent to an activating group) is 1. The van der Waals surface area contributed by atoms with E-state index in [1.54, 1.807) is 42.7 Å². The van der Waals surface area contributed by atoms with Gasteiger partial charge in [-0.25, -0.2) is 0 Å². The Hall–Kier alpha value is -2.23. The molecule has 2 aromatic rings. The minimum absolute atomic E-state index is 0.0512. The molecule has 0 saturated carbocycles. The first-order valence-electron chi connectivity index (χ1n) is 5.83. The molecule has 0 radical (unpaired) electrons. The summed E-state index contributed by atoms with van der Waals surface area (Å²) in [5.41, 5.74) is 1.65. The zero-order chi connectivity index (χ0) is 12.8. The lowest BCUT2D eigenvalue weighted by Gasteiger charge is -2.16. The molecule has 2 rings (SSSR count). The number of carbonyl (C=O) groups is 1. The molecule has 0 aliphatic rings. The van der Waals surface area contributed by atoms with Crippen LogP contribution < -0.4 is 0 Å². The van der Waals surface area contributed by atoms with Crippen LogP contribution in [0.4, 0.5) is 0 Å². The maximum absolute atomic E-state index is 12.0. The van der Waals surface area contributed by atoms with Crippen molar-refractivity contribution in [2.45, 2.75) is 6.42 Å². The topological polar surface area (TPSA) is 46.1 Å². The van der Waals surface area contributed by atoms with Crippen molar-refractivity contribution in [2.24, 2.45) is 0 Å². The summed E-state index contributed by atoms with van der Waals surface area (Å²) >= 11 is 0. The zero-order valence-electron chi connectivity index (χ0n) is 10.3. The van der Waals surface area contributed by atoms with Gasteiger partial charge in [0.05, 0.1) is 0 Å². The molecule has 4 nitrogen and oxygen atoms in total. The number of aromatic nitrogens is 2. The number of pyridine rings is 2. The third kappa shape index (κ3) is 3.13. The van der Waals surface area contributed by atoms with Crippen LogP contribution in [-0.4, -0.2) is 34.4 Å². The number of hydrogen-bond acceptors (Lipinski definition) is 3. The summed E-state index contributed by atoms with van der Waals surface area (Å²) in [5, 5.41) is 0. The van der Waals surface area contributed by atoms with Crippen molar-refractivity contribution in [1.29, 1.82) is 0 Å². The maximum atomic E-state index is 12.0. The molecule has 0 N–H and O–H groups in total. The second-order valence-corrected chi connectivity index (χ2v) is 4.05. The van der Waals surface area contributed by atoms with E-state index in [1.165, 1.54) is 5.56 Å². The van der Waals surface area contributed by atoms with Crippen LogP contribution in [0.3, 0.4) is 0 Å². The third-order valence-electron chi connectivity index (χ3n) is 2.72. The highest BCUT2D eigenvalue weighted by atomic mass is 16.2. The number of carbonyl (C=O) groups excluding carboxylic acids is 1. The molecule has 0 spiro atoms. The predicted octanol–water partition coefficient (Wildman–Crippen LogP) is 1.79. The van der Waals surface area contributed by atoms with E-state index in [-0.39, 0.29) is 5.91 Å². The normalized spacial score (nSPS) is 10.1. The van der Waals surface area contributed by atoms with Crippen LogP contribution in [0.5, 0.6) is 0 Å². The average molecular weight is 241 g/mol. The van der Waals surface area contributed by atoms with Crippen molar-refractivity contribution in [3.63, 3.8) is 0 Å². The SMILES string of the molecule is CN(CCc1ccncc1)C(=O)c1ccccn1. The highest BCUT2D eigenvalue weighted by molar-refractivity contribution is 5.92. The van der Waals surface area contributed by atoms with Gasteiger partial charge in [0.25, 0.3) is 5.91 Å². The van der Waals surface area contributed by atoms with E-state index >= 15 is 0 Å². The third-order valence-corrected chi connectivity index (χ3v) is 2.72. The molecule has 0 unspecified atom stereocenters. The number of amides is 1. The summed E-state index contributed by atoms with van der Waals surface area (Å²) in [6.45, 7) is 0.666. The van der Waals surface area contributed by atoms with Crippen LogP contribution in [0.1, 0.15) is 16.1 Å². The Balaban J connectivity index is 1.93. The summed E-state index contributed by atoms with van der Waals surface area (Å²) in [6, 6.07) is 9.26. The fourth-order valence-corrected chi connectivity index (χ4v) is 1.63. The standard InChI is InChI=1S/C14H15N3O/c1-17(11-7-12-5-9-15-10-6-12)14(18)13-4-2-3-8-16-13/h2-6,8-10H,7,11H2,1H3. The molecular formula is C14H15N3O. The van der Waals surface area contributed by atoms with Crippen LogP contribution in [0.15, 0.2) is 48.9 Å². The van der Waals surface area contributed by atoms with E-state index in [4.69, 9.17) is 0 Å². The summed E-state index contributed by atoms with van der Waals surface area (Å²) in [5.74, 6) is -0.0512. The molecule has 0 aromatic carbocycles. The second-order valence-electron chi connectivity index (χ2n) is 4.05. The fraction of sp³-hybridized carbons (Fsp3) is 0.214. The Morgan fingerprint density at radius 3 is 2.61 bits per heavy atom. The van der Waals surface area contributed by atoms with Gasteiger partial charge in [-0.05, 0) is 36.2 Å². The summed E-state index contributed by atoms with van der Waals surface area (Å²) in [6.07, 6.45) is 5.97. The summed E-state index contributed by atoms with van der Waals surface area (Å²) in [4.78, 5) is 21.7. The van der Waals surface area contributed by atoms with E-state index in [2.05, 4.69) is 9.97 Å². The lowest BCUT2D eigenvalue weighted by Crippen LogP contribution is -2.29. The first kappa shape index (κ1) is 12.2. The number of nitrogens with zero attached hydrogens (tertiary/aromatic N) is 3. The van der Waals surface area contributed by atoms with E-state index < -0.39 is 0 Å². The minimum atomic E-state index is -0.0512. The Morgan fingerprint density at radius 2 is 1.94 bits per heavy atom. The summed E-state index contributed by atoms with van der Waals surface area (Å²) in [7, 11) is 1.79. The Bertz CT molecular complexity index is 499.